The average molecular weight is 699 g/mol. The predicted octanol–water partition coefficient (Wildman–Crippen LogP) is 5.62. The number of nitrogens with two attached hydrogens (primary N) is 1. The van der Waals surface area contributed by atoms with Crippen LogP contribution in [0.3, 0.4) is 0 Å². The Morgan fingerprint density at radius 3 is 1.96 bits per heavy atom. The molecule has 3 N–H and O–H groups in total. The maximum atomic E-state index is 13.8. The standard InChI is InChI=1S/C39H34N6O7/c1-39(52-36(48)28-20-12-5-13-21-28)31(51-35(47)27-18-10-4-11-19-27)29(23-49-34(46)26-16-8-3-9-17-26)50-37(39)45-24-42-30-32(43-38(40)44-33(30)45)41-22-25-14-6-2-7-15-25/h2-21,24,29,31,37H,22-23H2,1H3,(H3,40,41,43,44)/t29-,31?,37-,39-/m1/s1. The number of imidazole rings is 1. The van der Waals surface area contributed by atoms with Crippen molar-refractivity contribution in [1.29, 1.82) is 0 Å². The van der Waals surface area contributed by atoms with Crippen LogP contribution in [-0.2, 0) is 25.5 Å². The molecular formula is C39H34N6O7. The van der Waals surface area contributed by atoms with E-state index in [1.807, 2.05) is 30.3 Å². The van der Waals surface area contributed by atoms with Gasteiger partial charge in [-0.1, -0.05) is 84.9 Å². The van der Waals surface area contributed by atoms with E-state index in [1.54, 1.807) is 102 Å². The van der Waals surface area contributed by atoms with Gasteiger partial charge in [-0.05, 0) is 48.9 Å². The predicted molar refractivity (Wildman–Crippen MR) is 190 cm³/mol. The normalized spacial score (nSPS) is 19.5. The first-order chi connectivity index (χ1) is 25.3. The maximum absolute atomic E-state index is 13.8. The molecule has 7 rings (SSSR count). The highest BCUT2D eigenvalue weighted by atomic mass is 16.7. The van der Waals surface area contributed by atoms with Gasteiger partial charge in [0.25, 0.3) is 0 Å². The van der Waals surface area contributed by atoms with Gasteiger partial charge in [0.2, 0.25) is 5.95 Å². The van der Waals surface area contributed by atoms with Gasteiger partial charge in [0, 0.05) is 6.54 Å². The summed E-state index contributed by atoms with van der Waals surface area (Å²) in [5.41, 5.74) is 6.91. The van der Waals surface area contributed by atoms with Crippen molar-refractivity contribution in [2.24, 2.45) is 0 Å². The van der Waals surface area contributed by atoms with Gasteiger partial charge in [-0.25, -0.2) is 19.4 Å². The lowest BCUT2D eigenvalue weighted by molar-refractivity contribution is -0.108. The van der Waals surface area contributed by atoms with Crippen LogP contribution in [0.1, 0.15) is 49.8 Å². The number of benzene rings is 4. The van der Waals surface area contributed by atoms with E-state index in [9.17, 15) is 14.4 Å². The second kappa shape index (κ2) is 14.7. The van der Waals surface area contributed by atoms with E-state index in [0.29, 0.717) is 23.4 Å². The number of aromatic nitrogens is 4. The molecular weight excluding hydrogens is 664 g/mol. The molecule has 1 aliphatic heterocycles. The highest BCUT2D eigenvalue weighted by Crippen LogP contribution is 2.45. The van der Waals surface area contributed by atoms with Crippen molar-refractivity contribution in [2.75, 3.05) is 17.7 Å². The molecule has 1 saturated heterocycles. The second-order valence-corrected chi connectivity index (χ2v) is 12.2. The molecule has 0 radical (unpaired) electrons. The van der Waals surface area contributed by atoms with Crippen LogP contribution in [0.2, 0.25) is 0 Å². The number of ether oxygens (including phenoxy) is 4. The Hall–Kier alpha value is -6.60. The van der Waals surface area contributed by atoms with Gasteiger partial charge >= 0.3 is 17.9 Å². The maximum Gasteiger partial charge on any atom is 0.338 e. The number of rotatable bonds is 11. The number of anilines is 2. The molecule has 4 atom stereocenters. The van der Waals surface area contributed by atoms with Crippen LogP contribution < -0.4 is 11.1 Å². The summed E-state index contributed by atoms with van der Waals surface area (Å²) in [6, 6.07) is 34.9. The first kappa shape index (κ1) is 33.9. The molecule has 0 spiro atoms. The lowest BCUT2D eigenvalue weighted by atomic mass is 9.95. The van der Waals surface area contributed by atoms with E-state index in [2.05, 4.69) is 20.3 Å². The van der Waals surface area contributed by atoms with Crippen LogP contribution in [0.15, 0.2) is 128 Å². The smallest absolute Gasteiger partial charge is 0.338 e. The Morgan fingerprint density at radius 1 is 0.788 bits per heavy atom. The van der Waals surface area contributed by atoms with Gasteiger partial charge < -0.3 is 30.0 Å². The second-order valence-electron chi connectivity index (χ2n) is 12.2. The molecule has 6 aromatic rings. The lowest BCUT2D eigenvalue weighted by Gasteiger charge is -2.34. The van der Waals surface area contributed by atoms with Crippen LogP contribution in [-0.4, -0.2) is 61.8 Å². The summed E-state index contributed by atoms with van der Waals surface area (Å²) in [6.45, 7) is 1.66. The van der Waals surface area contributed by atoms with Crippen LogP contribution in [0.5, 0.6) is 0 Å². The molecule has 1 unspecified atom stereocenters. The van der Waals surface area contributed by atoms with Crippen LogP contribution >= 0.6 is 0 Å². The quantitative estimate of drug-likeness (QED) is 0.127. The third-order valence-electron chi connectivity index (χ3n) is 8.64. The number of carbonyl (C=O) groups is 3. The van der Waals surface area contributed by atoms with Gasteiger partial charge in [0.1, 0.15) is 12.7 Å². The highest BCUT2D eigenvalue weighted by molar-refractivity contribution is 5.91. The minimum absolute atomic E-state index is 0.0498. The van der Waals surface area contributed by atoms with Crippen molar-refractivity contribution < 1.29 is 33.3 Å². The van der Waals surface area contributed by atoms with Crippen LogP contribution in [0.25, 0.3) is 11.2 Å². The first-order valence-electron chi connectivity index (χ1n) is 16.5. The van der Waals surface area contributed by atoms with Crippen LogP contribution in [0.4, 0.5) is 11.8 Å². The lowest BCUT2D eigenvalue weighted by Crippen LogP contribution is -2.50. The fraction of sp³-hybridized carbons (Fsp3) is 0.179. The Morgan fingerprint density at radius 2 is 1.35 bits per heavy atom. The Labute approximate surface area is 298 Å². The zero-order valence-corrected chi connectivity index (χ0v) is 28.0. The highest BCUT2D eigenvalue weighted by Gasteiger charge is 2.61. The monoisotopic (exact) mass is 698 g/mol. The minimum atomic E-state index is -1.74. The molecule has 1 fully saturated rings. The average Bonchev–Trinajstić information content (AvgIpc) is 3.71. The Balaban J connectivity index is 1.29. The van der Waals surface area contributed by atoms with E-state index in [1.165, 1.54) is 6.33 Å². The van der Waals surface area contributed by atoms with E-state index in [0.717, 1.165) is 5.56 Å². The number of fused-ring (bicyclic) bond motifs is 1. The molecule has 0 aliphatic carbocycles. The summed E-state index contributed by atoms with van der Waals surface area (Å²) in [5, 5.41) is 3.27. The summed E-state index contributed by atoms with van der Waals surface area (Å²) < 4.78 is 26.3. The summed E-state index contributed by atoms with van der Waals surface area (Å²) in [5.74, 6) is -1.71. The van der Waals surface area contributed by atoms with Crippen molar-refractivity contribution in [2.45, 2.75) is 37.5 Å². The molecule has 0 amide bonds. The van der Waals surface area contributed by atoms with Crippen molar-refractivity contribution in [3.63, 3.8) is 0 Å². The zero-order chi connectivity index (χ0) is 36.1. The largest absolute Gasteiger partial charge is 0.459 e. The molecule has 0 bridgehead atoms. The number of nitrogens with one attached hydrogen (secondary N) is 1. The summed E-state index contributed by atoms with van der Waals surface area (Å²) in [6.07, 6.45) is -2.17. The zero-order valence-electron chi connectivity index (χ0n) is 28.0. The summed E-state index contributed by atoms with van der Waals surface area (Å²) in [4.78, 5) is 54.0. The van der Waals surface area contributed by atoms with E-state index in [4.69, 9.17) is 24.7 Å². The van der Waals surface area contributed by atoms with Crippen molar-refractivity contribution in [3.8, 4) is 0 Å². The number of carbonyl (C=O) groups excluding carboxylic acids is 3. The van der Waals surface area contributed by atoms with Gasteiger partial charge in [-0.2, -0.15) is 9.97 Å². The van der Waals surface area contributed by atoms with Crippen molar-refractivity contribution in [1.82, 2.24) is 19.5 Å². The third kappa shape index (κ3) is 7.02. The van der Waals surface area contributed by atoms with E-state index >= 15 is 0 Å². The van der Waals surface area contributed by atoms with Crippen molar-refractivity contribution >= 4 is 40.8 Å². The molecule has 13 heteroatoms. The molecule has 52 heavy (non-hydrogen) atoms. The number of esters is 3. The molecule has 13 nitrogen and oxygen atoms in total. The van der Waals surface area contributed by atoms with E-state index in [-0.39, 0.29) is 29.3 Å². The number of nitrogens with zero attached hydrogens (tertiary/aromatic N) is 4. The fourth-order valence-electron chi connectivity index (χ4n) is 6.07. The molecule has 262 valence electrons. The number of hydrogen-bond acceptors (Lipinski definition) is 12. The first-order valence-corrected chi connectivity index (χ1v) is 16.5. The third-order valence-corrected chi connectivity index (χ3v) is 8.64. The molecule has 0 saturated carbocycles. The number of nitrogen functional groups attached to an aromatic ring is 1. The molecule has 4 aromatic carbocycles. The fourth-order valence-corrected chi connectivity index (χ4v) is 6.07. The summed E-state index contributed by atoms with van der Waals surface area (Å²) >= 11 is 0. The molecule has 3 heterocycles. The van der Waals surface area contributed by atoms with Gasteiger partial charge in [-0.15, -0.1) is 0 Å². The van der Waals surface area contributed by atoms with Gasteiger partial charge in [0.05, 0.1) is 23.0 Å². The molecule has 1 aliphatic rings. The van der Waals surface area contributed by atoms with Crippen molar-refractivity contribution in [3.05, 3.63) is 150 Å². The minimum Gasteiger partial charge on any atom is -0.459 e. The van der Waals surface area contributed by atoms with Gasteiger partial charge in [0.15, 0.2) is 34.9 Å². The van der Waals surface area contributed by atoms with E-state index < -0.39 is 41.9 Å². The Bertz CT molecular complexity index is 2190. The van der Waals surface area contributed by atoms with Crippen LogP contribution in [0, 0.1) is 0 Å². The topological polar surface area (TPSA) is 170 Å². The Kier molecular flexibility index (Phi) is 9.58. The number of hydrogen-bond donors (Lipinski definition) is 2. The molecule has 2 aromatic heterocycles. The van der Waals surface area contributed by atoms with Gasteiger partial charge in [-0.3, -0.25) is 4.57 Å². The SMILES string of the molecule is C[C@@]1(OC(=O)c2ccccc2)C(OC(=O)c2ccccc2)[C@@H](COC(=O)c2ccccc2)O[C@H]1n1cnc2c(NCc3ccccc3)nc(N)nc21. The summed E-state index contributed by atoms with van der Waals surface area (Å²) in [7, 11) is 0.